The summed E-state index contributed by atoms with van der Waals surface area (Å²) in [5.41, 5.74) is 2.07. The van der Waals surface area contributed by atoms with E-state index < -0.39 is 0 Å². The maximum absolute atomic E-state index is 11.8. The number of nitrogens with one attached hydrogen (secondary N) is 1. The number of carbonyl (C=O) groups excluding carboxylic acids is 1. The van der Waals surface area contributed by atoms with Crippen molar-refractivity contribution in [1.82, 2.24) is 10.3 Å². The molecule has 0 aliphatic carbocycles. The van der Waals surface area contributed by atoms with Gasteiger partial charge >= 0.3 is 0 Å². The second-order valence-corrected chi connectivity index (χ2v) is 5.80. The average molecular weight is 325 g/mol. The Morgan fingerprint density at radius 1 is 1.50 bits per heavy atom. The Hall–Kier alpha value is -1.20. The smallest absolute Gasteiger partial charge is 0.224 e. The van der Waals surface area contributed by atoms with Crippen LogP contribution >= 0.6 is 27.3 Å². The Morgan fingerprint density at radius 3 is 3.00 bits per heavy atom. The number of hydrogen-bond donors (Lipinski definition) is 1. The molecule has 0 unspecified atom stereocenters. The van der Waals surface area contributed by atoms with E-state index in [1.54, 1.807) is 23.7 Å². The van der Waals surface area contributed by atoms with Gasteiger partial charge in [0.1, 0.15) is 0 Å². The molecule has 0 aliphatic heterocycles. The van der Waals surface area contributed by atoms with Crippen LogP contribution in [-0.4, -0.2) is 10.9 Å². The predicted molar refractivity (Wildman–Crippen MR) is 76.5 cm³/mol. The third kappa shape index (κ3) is 3.40. The quantitative estimate of drug-likeness (QED) is 0.939. The van der Waals surface area contributed by atoms with E-state index in [1.807, 2.05) is 24.4 Å². The lowest BCUT2D eigenvalue weighted by Crippen LogP contribution is -2.24. The Bertz CT molecular complexity index is 553. The molecule has 0 bridgehead atoms. The summed E-state index contributed by atoms with van der Waals surface area (Å²) in [4.78, 5) is 17.0. The zero-order valence-electron chi connectivity index (χ0n) is 9.94. The van der Waals surface area contributed by atoms with Crippen LogP contribution in [0, 0.1) is 6.92 Å². The maximum atomic E-state index is 11.8. The third-order valence-electron chi connectivity index (χ3n) is 2.62. The lowest BCUT2D eigenvalue weighted by molar-refractivity contribution is -0.120. The first-order valence-electron chi connectivity index (χ1n) is 5.55. The number of thiophene rings is 1. The van der Waals surface area contributed by atoms with Gasteiger partial charge in [0.2, 0.25) is 5.91 Å². The monoisotopic (exact) mass is 324 g/mol. The largest absolute Gasteiger partial charge is 0.351 e. The topological polar surface area (TPSA) is 42.0 Å². The minimum absolute atomic E-state index is 0.0320. The Morgan fingerprint density at radius 2 is 2.33 bits per heavy atom. The molecule has 2 aromatic rings. The summed E-state index contributed by atoms with van der Waals surface area (Å²) in [6.45, 7) is 2.53. The van der Waals surface area contributed by atoms with E-state index in [2.05, 4.69) is 26.2 Å². The molecule has 18 heavy (non-hydrogen) atoms. The second kappa shape index (κ2) is 6.11. The molecule has 0 spiro atoms. The van der Waals surface area contributed by atoms with E-state index in [-0.39, 0.29) is 5.91 Å². The summed E-state index contributed by atoms with van der Waals surface area (Å²) < 4.78 is 1.05. The molecule has 0 saturated heterocycles. The summed E-state index contributed by atoms with van der Waals surface area (Å²) in [7, 11) is 0. The molecule has 0 saturated carbocycles. The first kappa shape index (κ1) is 13.2. The highest BCUT2D eigenvalue weighted by Crippen LogP contribution is 2.22. The Balaban J connectivity index is 1.90. The lowest BCUT2D eigenvalue weighted by Gasteiger charge is -2.06. The van der Waals surface area contributed by atoms with Crippen molar-refractivity contribution < 1.29 is 4.79 Å². The van der Waals surface area contributed by atoms with Crippen molar-refractivity contribution in [2.24, 2.45) is 0 Å². The molecule has 1 amide bonds. The SMILES string of the molecule is Cc1cnccc1CC(=O)NCc1sccc1Br. The van der Waals surface area contributed by atoms with Gasteiger partial charge in [0.15, 0.2) is 0 Å². The van der Waals surface area contributed by atoms with Crippen LogP contribution in [0.5, 0.6) is 0 Å². The van der Waals surface area contributed by atoms with E-state index in [1.165, 1.54) is 0 Å². The summed E-state index contributed by atoms with van der Waals surface area (Å²) in [5, 5.41) is 4.92. The zero-order chi connectivity index (χ0) is 13.0. The van der Waals surface area contributed by atoms with Crippen LogP contribution in [0.3, 0.4) is 0 Å². The van der Waals surface area contributed by atoms with Crippen molar-refractivity contribution in [3.63, 3.8) is 0 Å². The highest BCUT2D eigenvalue weighted by Gasteiger charge is 2.07. The number of rotatable bonds is 4. The predicted octanol–water partition coefficient (Wildman–Crippen LogP) is 3.07. The van der Waals surface area contributed by atoms with Gasteiger partial charge in [-0.1, -0.05) is 0 Å². The molecule has 0 atom stereocenters. The molecule has 2 heterocycles. The molecule has 2 rings (SSSR count). The number of halogens is 1. The van der Waals surface area contributed by atoms with Gasteiger partial charge in [-0.2, -0.15) is 0 Å². The number of aryl methyl sites for hydroxylation is 1. The fourth-order valence-corrected chi connectivity index (χ4v) is 3.00. The number of amides is 1. The zero-order valence-corrected chi connectivity index (χ0v) is 12.3. The van der Waals surface area contributed by atoms with Crippen molar-refractivity contribution in [2.45, 2.75) is 19.9 Å². The van der Waals surface area contributed by atoms with Gasteiger partial charge < -0.3 is 5.32 Å². The van der Waals surface area contributed by atoms with Crippen LogP contribution in [-0.2, 0) is 17.8 Å². The fraction of sp³-hybridized carbons (Fsp3) is 0.231. The van der Waals surface area contributed by atoms with E-state index in [0.29, 0.717) is 13.0 Å². The molecular weight excluding hydrogens is 312 g/mol. The number of pyridine rings is 1. The van der Waals surface area contributed by atoms with Gasteiger partial charge in [0.05, 0.1) is 13.0 Å². The molecular formula is C13H13BrN2OS. The van der Waals surface area contributed by atoms with Crippen LogP contribution in [0.4, 0.5) is 0 Å². The highest BCUT2D eigenvalue weighted by atomic mass is 79.9. The lowest BCUT2D eigenvalue weighted by atomic mass is 10.1. The molecule has 5 heteroatoms. The summed E-state index contributed by atoms with van der Waals surface area (Å²) in [5.74, 6) is 0.0320. The number of aromatic nitrogens is 1. The molecule has 0 radical (unpaired) electrons. The standard InChI is InChI=1S/C13H13BrN2OS/c1-9-7-15-4-2-10(9)6-13(17)16-8-12-11(14)3-5-18-12/h2-5,7H,6,8H2,1H3,(H,16,17). The highest BCUT2D eigenvalue weighted by molar-refractivity contribution is 9.10. The minimum Gasteiger partial charge on any atom is -0.351 e. The summed E-state index contributed by atoms with van der Waals surface area (Å²) >= 11 is 5.08. The van der Waals surface area contributed by atoms with E-state index >= 15 is 0 Å². The third-order valence-corrected chi connectivity index (χ3v) is 4.55. The number of hydrogen-bond acceptors (Lipinski definition) is 3. The van der Waals surface area contributed by atoms with Gasteiger partial charge in [-0.05, 0) is 51.5 Å². The van der Waals surface area contributed by atoms with Crippen molar-refractivity contribution in [1.29, 1.82) is 0 Å². The minimum atomic E-state index is 0.0320. The maximum Gasteiger partial charge on any atom is 0.224 e. The molecule has 0 aromatic carbocycles. The van der Waals surface area contributed by atoms with Gasteiger partial charge in [-0.3, -0.25) is 9.78 Å². The van der Waals surface area contributed by atoms with E-state index in [9.17, 15) is 4.79 Å². The first-order valence-corrected chi connectivity index (χ1v) is 7.22. The summed E-state index contributed by atoms with van der Waals surface area (Å²) in [6.07, 6.45) is 3.89. The van der Waals surface area contributed by atoms with Crippen LogP contribution in [0.2, 0.25) is 0 Å². The molecule has 0 aliphatic rings. The van der Waals surface area contributed by atoms with Crippen LogP contribution in [0.25, 0.3) is 0 Å². The van der Waals surface area contributed by atoms with E-state index in [0.717, 1.165) is 20.5 Å². The van der Waals surface area contributed by atoms with Crippen molar-refractivity contribution in [3.05, 3.63) is 50.4 Å². The molecule has 1 N–H and O–H groups in total. The van der Waals surface area contributed by atoms with E-state index in [4.69, 9.17) is 0 Å². The molecule has 0 fully saturated rings. The summed E-state index contributed by atoms with van der Waals surface area (Å²) in [6, 6.07) is 3.87. The van der Waals surface area contributed by atoms with Gasteiger partial charge in [0, 0.05) is 21.7 Å². The van der Waals surface area contributed by atoms with Gasteiger partial charge in [-0.15, -0.1) is 11.3 Å². The van der Waals surface area contributed by atoms with Crippen molar-refractivity contribution >= 4 is 33.2 Å². The average Bonchev–Trinajstić information content (AvgIpc) is 2.75. The molecule has 2 aromatic heterocycles. The van der Waals surface area contributed by atoms with Crippen LogP contribution in [0.15, 0.2) is 34.4 Å². The van der Waals surface area contributed by atoms with Crippen molar-refractivity contribution in [3.8, 4) is 0 Å². The molecule has 94 valence electrons. The van der Waals surface area contributed by atoms with Gasteiger partial charge in [-0.25, -0.2) is 0 Å². The Kier molecular flexibility index (Phi) is 4.49. The molecule has 3 nitrogen and oxygen atoms in total. The number of carbonyl (C=O) groups is 1. The van der Waals surface area contributed by atoms with Crippen LogP contribution in [0.1, 0.15) is 16.0 Å². The van der Waals surface area contributed by atoms with Crippen molar-refractivity contribution in [2.75, 3.05) is 0 Å². The Labute approximate surface area is 118 Å². The fourth-order valence-electron chi connectivity index (χ4n) is 1.57. The number of nitrogens with zero attached hydrogens (tertiary/aromatic N) is 1. The van der Waals surface area contributed by atoms with Gasteiger partial charge in [0.25, 0.3) is 0 Å². The second-order valence-electron chi connectivity index (χ2n) is 3.95. The first-order chi connectivity index (χ1) is 8.66. The normalized spacial score (nSPS) is 10.3. The van der Waals surface area contributed by atoms with Crippen LogP contribution < -0.4 is 5.32 Å².